The van der Waals surface area contributed by atoms with Crippen LogP contribution >= 0.6 is 22.6 Å². The lowest BCUT2D eigenvalue weighted by Gasteiger charge is -2.26. The van der Waals surface area contributed by atoms with Gasteiger partial charge in [0.2, 0.25) is 0 Å². The summed E-state index contributed by atoms with van der Waals surface area (Å²) < 4.78 is 5.90. The topological polar surface area (TPSA) is 72.5 Å². The Morgan fingerprint density at radius 3 is 2.47 bits per heavy atom. The minimum atomic E-state index is -0.867. The van der Waals surface area contributed by atoms with Crippen molar-refractivity contribution in [2.24, 2.45) is 11.7 Å². The molecule has 0 aliphatic carbocycles. The lowest BCUT2D eigenvalue weighted by atomic mass is 9.96. The molecule has 0 aliphatic heterocycles. The number of hydrogen-bond acceptors (Lipinski definition) is 3. The van der Waals surface area contributed by atoms with Crippen molar-refractivity contribution >= 4 is 28.7 Å². The van der Waals surface area contributed by atoms with Gasteiger partial charge in [-0.05, 0) is 40.1 Å². The highest BCUT2D eigenvalue weighted by molar-refractivity contribution is 14.1. The van der Waals surface area contributed by atoms with E-state index in [1.807, 2.05) is 38.1 Å². The van der Waals surface area contributed by atoms with Crippen LogP contribution < -0.4 is 5.73 Å². The third-order valence-corrected chi connectivity index (χ3v) is 3.43. The average Bonchev–Trinajstić information content (AvgIpc) is 2.25. The van der Waals surface area contributed by atoms with Gasteiger partial charge < -0.3 is 15.6 Å². The van der Waals surface area contributed by atoms with E-state index >= 15 is 0 Å². The van der Waals surface area contributed by atoms with Gasteiger partial charge in [0.25, 0.3) is 0 Å². The Labute approximate surface area is 114 Å². The number of rotatable bonds is 4. The van der Waals surface area contributed by atoms with Gasteiger partial charge in [-0.2, -0.15) is 0 Å². The molecule has 4 nitrogen and oxygen atoms in total. The van der Waals surface area contributed by atoms with Gasteiger partial charge in [-0.1, -0.05) is 32.0 Å². The lowest BCUT2D eigenvalue weighted by Crippen LogP contribution is -2.32. The summed E-state index contributed by atoms with van der Waals surface area (Å²) in [6, 6.07) is 7.42. The predicted molar refractivity (Wildman–Crippen MR) is 73.4 cm³/mol. The molecule has 1 aromatic carbocycles. The molecule has 17 heavy (non-hydrogen) atoms. The Bertz CT molecular complexity index is 395. The number of amides is 1. The van der Waals surface area contributed by atoms with Crippen molar-refractivity contribution in [3.8, 4) is 0 Å². The number of ether oxygens (including phenoxy) is 1. The first-order valence-electron chi connectivity index (χ1n) is 5.32. The van der Waals surface area contributed by atoms with Crippen molar-refractivity contribution in [1.82, 2.24) is 0 Å². The zero-order valence-electron chi connectivity index (χ0n) is 9.76. The lowest BCUT2D eigenvalue weighted by molar-refractivity contribution is -0.0200. The van der Waals surface area contributed by atoms with Crippen LogP contribution in [0.3, 0.4) is 0 Å². The smallest absolute Gasteiger partial charge is 0.404 e. The maximum absolute atomic E-state index is 10.8. The molecule has 0 saturated heterocycles. The summed E-state index contributed by atoms with van der Waals surface area (Å²) in [4.78, 5) is 10.8. The molecule has 0 heterocycles. The molecular formula is C12H16INO3. The Hall–Kier alpha value is -0.820. The predicted octanol–water partition coefficient (Wildman–Crippen LogP) is 2.44. The summed E-state index contributed by atoms with van der Waals surface area (Å²) in [7, 11) is 0. The fourth-order valence-corrected chi connectivity index (χ4v) is 2.30. The van der Waals surface area contributed by atoms with Gasteiger partial charge in [-0.25, -0.2) is 4.79 Å². The van der Waals surface area contributed by atoms with Crippen LogP contribution in [0, 0.1) is 9.49 Å². The molecule has 1 rings (SSSR count). The highest BCUT2D eigenvalue weighted by Gasteiger charge is 2.28. The maximum Gasteiger partial charge on any atom is 0.404 e. The first-order chi connectivity index (χ1) is 7.93. The molecule has 0 aromatic heterocycles. The van der Waals surface area contributed by atoms with Crippen LogP contribution in [-0.4, -0.2) is 17.3 Å². The van der Waals surface area contributed by atoms with Crippen LogP contribution in [0.5, 0.6) is 0 Å². The van der Waals surface area contributed by atoms with Gasteiger partial charge >= 0.3 is 6.09 Å². The van der Waals surface area contributed by atoms with Crippen molar-refractivity contribution in [2.75, 3.05) is 0 Å². The molecule has 2 atom stereocenters. The molecule has 3 N–H and O–H groups in total. The number of primary amides is 1. The van der Waals surface area contributed by atoms with Crippen LogP contribution in [0.1, 0.15) is 25.5 Å². The molecule has 1 amide bonds. The van der Waals surface area contributed by atoms with E-state index in [0.717, 1.165) is 9.13 Å². The number of carbonyl (C=O) groups excluding carboxylic acids is 1. The second-order valence-corrected chi connectivity index (χ2v) is 5.27. The van der Waals surface area contributed by atoms with Crippen molar-refractivity contribution < 1.29 is 14.6 Å². The van der Waals surface area contributed by atoms with E-state index in [0.29, 0.717) is 0 Å². The van der Waals surface area contributed by atoms with Gasteiger partial charge in [0.1, 0.15) is 12.2 Å². The van der Waals surface area contributed by atoms with Crippen molar-refractivity contribution in [2.45, 2.75) is 26.1 Å². The minimum Gasteiger partial charge on any atom is -0.443 e. The van der Waals surface area contributed by atoms with E-state index in [9.17, 15) is 9.90 Å². The second-order valence-electron chi connectivity index (χ2n) is 4.11. The molecule has 94 valence electrons. The Balaban J connectivity index is 2.95. The van der Waals surface area contributed by atoms with Gasteiger partial charge in [0, 0.05) is 3.57 Å². The van der Waals surface area contributed by atoms with Crippen molar-refractivity contribution in [1.29, 1.82) is 0 Å². The molecular weight excluding hydrogens is 333 g/mol. The number of aliphatic hydroxyl groups is 1. The quantitative estimate of drug-likeness (QED) is 0.821. The summed E-state index contributed by atoms with van der Waals surface area (Å²) in [5.74, 6) is -0.0199. The Morgan fingerprint density at radius 2 is 2.00 bits per heavy atom. The van der Waals surface area contributed by atoms with Gasteiger partial charge in [0.05, 0.1) is 0 Å². The van der Waals surface area contributed by atoms with Gasteiger partial charge in [0.15, 0.2) is 0 Å². The zero-order valence-corrected chi connectivity index (χ0v) is 11.9. The van der Waals surface area contributed by atoms with Crippen LogP contribution in [0.4, 0.5) is 4.79 Å². The molecule has 0 fully saturated rings. The minimum absolute atomic E-state index is 0.0199. The van der Waals surface area contributed by atoms with Crippen LogP contribution in [0.15, 0.2) is 24.3 Å². The van der Waals surface area contributed by atoms with E-state index in [1.54, 1.807) is 0 Å². The zero-order chi connectivity index (χ0) is 13.0. The standard InChI is InChI=1S/C12H16INO3/c1-7(2)11(17-12(14)16)10(15)8-5-3-4-6-9(8)13/h3-7,10-11,15H,1-2H3,(H2,14,16)/t10-,11-/m0/s1. The second kappa shape index (κ2) is 6.20. The number of aliphatic hydroxyl groups excluding tert-OH is 1. The van der Waals surface area contributed by atoms with E-state index in [1.165, 1.54) is 0 Å². The molecule has 0 saturated carbocycles. The number of benzene rings is 1. The fourth-order valence-electron chi connectivity index (χ4n) is 1.59. The maximum atomic E-state index is 10.8. The summed E-state index contributed by atoms with van der Waals surface area (Å²) in [5, 5.41) is 10.2. The van der Waals surface area contributed by atoms with Crippen LogP contribution in [0.2, 0.25) is 0 Å². The number of nitrogens with two attached hydrogens (primary N) is 1. The highest BCUT2D eigenvalue weighted by Crippen LogP contribution is 2.27. The van der Waals surface area contributed by atoms with Crippen LogP contribution in [0.25, 0.3) is 0 Å². The summed E-state index contributed by atoms with van der Waals surface area (Å²) >= 11 is 2.13. The largest absolute Gasteiger partial charge is 0.443 e. The van der Waals surface area contributed by atoms with Gasteiger partial charge in [-0.3, -0.25) is 0 Å². The number of halogens is 1. The van der Waals surface area contributed by atoms with Crippen molar-refractivity contribution in [3.05, 3.63) is 33.4 Å². The first kappa shape index (κ1) is 14.2. The number of hydrogen-bond donors (Lipinski definition) is 2. The molecule has 1 aromatic rings. The summed E-state index contributed by atoms with van der Waals surface area (Å²) in [6.07, 6.45) is -2.37. The monoisotopic (exact) mass is 349 g/mol. The van der Waals surface area contributed by atoms with E-state index in [-0.39, 0.29) is 5.92 Å². The summed E-state index contributed by atoms with van der Waals surface area (Å²) in [6.45, 7) is 3.74. The van der Waals surface area contributed by atoms with Crippen LogP contribution in [-0.2, 0) is 4.74 Å². The van der Waals surface area contributed by atoms with Crippen molar-refractivity contribution in [3.63, 3.8) is 0 Å². The Morgan fingerprint density at radius 1 is 1.41 bits per heavy atom. The highest BCUT2D eigenvalue weighted by atomic mass is 127. The molecule has 0 aliphatic rings. The third kappa shape index (κ3) is 3.85. The summed E-state index contributed by atoms with van der Waals surface area (Å²) in [5.41, 5.74) is 5.75. The fraction of sp³-hybridized carbons (Fsp3) is 0.417. The third-order valence-electron chi connectivity index (χ3n) is 2.44. The SMILES string of the molecule is CC(C)[C@H](OC(N)=O)[C@@H](O)c1ccccc1I. The molecule has 0 radical (unpaired) electrons. The average molecular weight is 349 g/mol. The number of carbonyl (C=O) groups is 1. The molecule has 0 spiro atoms. The van der Waals surface area contributed by atoms with Gasteiger partial charge in [-0.15, -0.1) is 0 Å². The van der Waals surface area contributed by atoms with E-state index in [4.69, 9.17) is 10.5 Å². The Kier molecular flexibility index (Phi) is 5.20. The normalized spacial score (nSPS) is 14.4. The molecule has 0 unspecified atom stereocenters. The first-order valence-corrected chi connectivity index (χ1v) is 6.40. The van der Waals surface area contributed by atoms with E-state index < -0.39 is 18.3 Å². The molecule has 0 bridgehead atoms. The molecule has 5 heteroatoms. The van der Waals surface area contributed by atoms with E-state index in [2.05, 4.69) is 22.6 Å².